The van der Waals surface area contributed by atoms with E-state index in [0.717, 1.165) is 13.0 Å². The van der Waals surface area contributed by atoms with Crippen molar-refractivity contribution in [3.8, 4) is 0 Å². The molecule has 1 saturated heterocycles. The van der Waals surface area contributed by atoms with Crippen LogP contribution in [0.3, 0.4) is 0 Å². The lowest BCUT2D eigenvalue weighted by atomic mass is 10.3. The third-order valence-corrected chi connectivity index (χ3v) is 2.66. The van der Waals surface area contributed by atoms with Gasteiger partial charge in [0.05, 0.1) is 12.6 Å². The molecule has 1 atom stereocenters. The molecule has 4 heteroatoms. The van der Waals surface area contributed by atoms with E-state index in [-0.39, 0.29) is 12.0 Å². The summed E-state index contributed by atoms with van der Waals surface area (Å²) in [5.41, 5.74) is 0. The molecule has 1 aliphatic rings. The Kier molecular flexibility index (Phi) is 5.22. The second-order valence-electron chi connectivity index (χ2n) is 4.05. The van der Waals surface area contributed by atoms with Crippen LogP contribution in [0, 0.1) is 0 Å². The molecule has 16 heavy (non-hydrogen) atoms. The summed E-state index contributed by atoms with van der Waals surface area (Å²) in [6.45, 7) is 10.1. The summed E-state index contributed by atoms with van der Waals surface area (Å²) >= 11 is 0. The van der Waals surface area contributed by atoms with Crippen LogP contribution in [-0.4, -0.2) is 59.6 Å². The summed E-state index contributed by atoms with van der Waals surface area (Å²) < 4.78 is 0. The highest BCUT2D eigenvalue weighted by Crippen LogP contribution is 2.08. The summed E-state index contributed by atoms with van der Waals surface area (Å²) in [5, 5.41) is 9.36. The Labute approximate surface area is 96.8 Å². The Balaban J connectivity index is 2.41. The number of rotatable bonds is 6. The van der Waals surface area contributed by atoms with Gasteiger partial charge in [-0.1, -0.05) is 12.2 Å². The maximum absolute atomic E-state index is 11.9. The second kappa shape index (κ2) is 6.45. The Morgan fingerprint density at radius 1 is 1.44 bits per heavy atom. The molecule has 1 N–H and O–H groups in total. The maximum atomic E-state index is 11.9. The van der Waals surface area contributed by atoms with Gasteiger partial charge in [-0.15, -0.1) is 13.2 Å². The van der Waals surface area contributed by atoms with Gasteiger partial charge in [-0.25, -0.2) is 0 Å². The predicted molar refractivity (Wildman–Crippen MR) is 64.0 cm³/mol. The number of carbonyl (C=O) groups is 1. The number of carbonyl (C=O) groups excluding carboxylic acids is 1. The fourth-order valence-electron chi connectivity index (χ4n) is 1.84. The first-order valence-electron chi connectivity index (χ1n) is 5.57. The highest BCUT2D eigenvalue weighted by Gasteiger charge is 2.23. The van der Waals surface area contributed by atoms with Gasteiger partial charge >= 0.3 is 0 Å². The van der Waals surface area contributed by atoms with Crippen LogP contribution in [-0.2, 0) is 4.79 Å². The molecule has 1 aliphatic heterocycles. The Morgan fingerprint density at radius 3 is 2.50 bits per heavy atom. The molecule has 1 amide bonds. The van der Waals surface area contributed by atoms with E-state index < -0.39 is 0 Å². The van der Waals surface area contributed by atoms with Crippen LogP contribution in [0.2, 0.25) is 0 Å². The number of aliphatic hydroxyl groups is 1. The molecule has 0 saturated carbocycles. The third-order valence-electron chi connectivity index (χ3n) is 2.66. The standard InChI is InChI=1S/C12H20N2O2/c1-3-6-14(7-4-2)12(16)10-13-8-5-11(15)9-13/h3-4,11,15H,1-2,5-10H2/t11-/m0/s1. The predicted octanol–water partition coefficient (Wildman–Crippen LogP) is 0.254. The number of hydrogen-bond donors (Lipinski definition) is 1. The molecule has 1 heterocycles. The van der Waals surface area contributed by atoms with Crippen molar-refractivity contribution in [3.05, 3.63) is 25.3 Å². The zero-order chi connectivity index (χ0) is 12.0. The molecule has 1 fully saturated rings. The molecule has 0 aromatic rings. The molecule has 4 nitrogen and oxygen atoms in total. The molecule has 0 bridgehead atoms. The minimum absolute atomic E-state index is 0.0638. The third kappa shape index (κ3) is 3.79. The van der Waals surface area contributed by atoms with E-state index in [1.165, 1.54) is 0 Å². The quantitative estimate of drug-likeness (QED) is 0.658. The summed E-state index contributed by atoms with van der Waals surface area (Å²) in [5.74, 6) is 0.0638. The van der Waals surface area contributed by atoms with E-state index in [2.05, 4.69) is 13.2 Å². The van der Waals surface area contributed by atoms with Crippen LogP contribution in [0.25, 0.3) is 0 Å². The minimum Gasteiger partial charge on any atom is -0.392 e. The minimum atomic E-state index is -0.278. The van der Waals surface area contributed by atoms with Crippen molar-refractivity contribution in [2.24, 2.45) is 0 Å². The molecule has 90 valence electrons. The monoisotopic (exact) mass is 224 g/mol. The molecule has 0 aromatic carbocycles. The zero-order valence-corrected chi connectivity index (χ0v) is 9.64. The number of aliphatic hydroxyl groups excluding tert-OH is 1. The van der Waals surface area contributed by atoms with Crippen LogP contribution in [0.4, 0.5) is 0 Å². The molecule has 0 unspecified atom stereocenters. The van der Waals surface area contributed by atoms with Crippen molar-refractivity contribution in [3.63, 3.8) is 0 Å². The van der Waals surface area contributed by atoms with Crippen LogP contribution in [0.5, 0.6) is 0 Å². The van der Waals surface area contributed by atoms with Gasteiger partial charge < -0.3 is 10.0 Å². The van der Waals surface area contributed by atoms with Crippen molar-refractivity contribution in [1.29, 1.82) is 0 Å². The van der Waals surface area contributed by atoms with Gasteiger partial charge in [0.25, 0.3) is 0 Å². The van der Waals surface area contributed by atoms with Crippen molar-refractivity contribution in [2.75, 3.05) is 32.7 Å². The fraction of sp³-hybridized carbons (Fsp3) is 0.583. The average Bonchev–Trinajstić information content (AvgIpc) is 2.63. The lowest BCUT2D eigenvalue weighted by molar-refractivity contribution is -0.131. The average molecular weight is 224 g/mol. The smallest absolute Gasteiger partial charge is 0.237 e. The van der Waals surface area contributed by atoms with E-state index >= 15 is 0 Å². The van der Waals surface area contributed by atoms with E-state index in [1.807, 2.05) is 4.90 Å². The first-order valence-corrected chi connectivity index (χ1v) is 5.57. The Morgan fingerprint density at radius 2 is 2.06 bits per heavy atom. The largest absolute Gasteiger partial charge is 0.392 e. The molecular weight excluding hydrogens is 204 g/mol. The van der Waals surface area contributed by atoms with E-state index in [4.69, 9.17) is 0 Å². The van der Waals surface area contributed by atoms with E-state index in [9.17, 15) is 9.90 Å². The topological polar surface area (TPSA) is 43.8 Å². The summed E-state index contributed by atoms with van der Waals surface area (Å²) in [7, 11) is 0. The molecule has 0 aromatic heterocycles. The number of likely N-dealkylation sites (tertiary alicyclic amines) is 1. The van der Waals surface area contributed by atoms with Crippen molar-refractivity contribution >= 4 is 5.91 Å². The highest BCUT2D eigenvalue weighted by atomic mass is 16.3. The van der Waals surface area contributed by atoms with Gasteiger partial charge in [0.2, 0.25) is 5.91 Å². The molecule has 1 rings (SSSR count). The van der Waals surface area contributed by atoms with Gasteiger partial charge in [-0.3, -0.25) is 9.69 Å². The number of amides is 1. The van der Waals surface area contributed by atoms with Crippen molar-refractivity contribution in [1.82, 2.24) is 9.80 Å². The zero-order valence-electron chi connectivity index (χ0n) is 9.64. The maximum Gasteiger partial charge on any atom is 0.237 e. The Bertz CT molecular complexity index is 256. The second-order valence-corrected chi connectivity index (χ2v) is 4.05. The fourth-order valence-corrected chi connectivity index (χ4v) is 1.84. The summed E-state index contributed by atoms with van der Waals surface area (Å²) in [6.07, 6.45) is 3.90. The number of hydrogen-bond acceptors (Lipinski definition) is 3. The van der Waals surface area contributed by atoms with Gasteiger partial charge in [0, 0.05) is 26.2 Å². The van der Waals surface area contributed by atoms with Gasteiger partial charge in [-0.05, 0) is 6.42 Å². The van der Waals surface area contributed by atoms with Crippen LogP contribution in [0.15, 0.2) is 25.3 Å². The molecule has 0 radical (unpaired) electrons. The molecule has 0 spiro atoms. The van der Waals surface area contributed by atoms with Gasteiger partial charge in [0.15, 0.2) is 0 Å². The first-order chi connectivity index (χ1) is 7.67. The van der Waals surface area contributed by atoms with Crippen molar-refractivity contribution < 1.29 is 9.90 Å². The molecule has 0 aliphatic carbocycles. The van der Waals surface area contributed by atoms with Crippen LogP contribution < -0.4 is 0 Å². The summed E-state index contributed by atoms with van der Waals surface area (Å²) in [6, 6.07) is 0. The highest BCUT2D eigenvalue weighted by molar-refractivity contribution is 5.78. The molecular formula is C12H20N2O2. The number of β-amino-alcohol motifs (C(OH)–C–C–N with tert-alkyl or cyclic N) is 1. The van der Waals surface area contributed by atoms with Gasteiger partial charge in [-0.2, -0.15) is 0 Å². The van der Waals surface area contributed by atoms with Crippen LogP contribution >= 0.6 is 0 Å². The Hall–Kier alpha value is -1.13. The lowest BCUT2D eigenvalue weighted by Crippen LogP contribution is -2.40. The first kappa shape index (κ1) is 12.9. The SMILES string of the molecule is C=CCN(CC=C)C(=O)CN1CC[C@H](O)C1. The van der Waals surface area contributed by atoms with E-state index in [1.54, 1.807) is 17.1 Å². The normalized spacial score (nSPS) is 20.7. The van der Waals surface area contributed by atoms with Crippen LogP contribution in [0.1, 0.15) is 6.42 Å². The number of nitrogens with zero attached hydrogens (tertiary/aromatic N) is 2. The summed E-state index contributed by atoms with van der Waals surface area (Å²) in [4.78, 5) is 15.6. The van der Waals surface area contributed by atoms with E-state index in [0.29, 0.717) is 26.2 Å². The van der Waals surface area contributed by atoms with Crippen molar-refractivity contribution in [2.45, 2.75) is 12.5 Å². The van der Waals surface area contributed by atoms with Gasteiger partial charge in [0.1, 0.15) is 0 Å². The lowest BCUT2D eigenvalue weighted by Gasteiger charge is -2.22.